The zero-order valence-electron chi connectivity index (χ0n) is 13.6. The normalized spacial score (nSPS) is 23.6. The van der Waals surface area contributed by atoms with Crippen molar-refractivity contribution in [2.75, 3.05) is 27.2 Å². The first-order valence-electron chi connectivity index (χ1n) is 7.00. The van der Waals surface area contributed by atoms with Crippen LogP contribution < -0.4 is 0 Å². The fraction of sp³-hybridized carbons (Fsp3) is 0.857. The highest BCUT2D eigenvalue weighted by atomic mass is 16.6. The number of hydrogen-bond donors (Lipinski definition) is 0. The van der Waals surface area contributed by atoms with Gasteiger partial charge in [0.25, 0.3) is 0 Å². The van der Waals surface area contributed by atoms with E-state index in [9.17, 15) is 9.59 Å². The number of urea groups is 1. The minimum Gasteiger partial charge on any atom is -0.444 e. The molecule has 0 aliphatic carbocycles. The number of amides is 3. The Morgan fingerprint density at radius 1 is 1.10 bits per heavy atom. The fourth-order valence-corrected chi connectivity index (χ4v) is 2.41. The van der Waals surface area contributed by atoms with Gasteiger partial charge in [0.05, 0.1) is 0 Å². The molecule has 0 aromatic heterocycles. The van der Waals surface area contributed by atoms with Crippen LogP contribution in [0.15, 0.2) is 0 Å². The van der Waals surface area contributed by atoms with E-state index in [0.29, 0.717) is 13.1 Å². The van der Waals surface area contributed by atoms with E-state index in [-0.39, 0.29) is 24.2 Å². The van der Waals surface area contributed by atoms with Gasteiger partial charge in [0, 0.05) is 39.3 Å². The molecule has 0 unspecified atom stereocenters. The van der Waals surface area contributed by atoms with Gasteiger partial charge in [-0.15, -0.1) is 0 Å². The molecule has 0 aromatic rings. The number of carbonyl (C=O) groups excluding carboxylic acids is 2. The molecular weight excluding hydrogens is 258 g/mol. The summed E-state index contributed by atoms with van der Waals surface area (Å²) in [5.41, 5.74) is -0.500. The largest absolute Gasteiger partial charge is 0.444 e. The molecule has 1 aliphatic heterocycles. The monoisotopic (exact) mass is 285 g/mol. The Hall–Kier alpha value is -1.46. The predicted molar refractivity (Wildman–Crippen MR) is 77.7 cm³/mol. The third-order valence-corrected chi connectivity index (χ3v) is 3.17. The number of hydrogen-bond acceptors (Lipinski definition) is 3. The summed E-state index contributed by atoms with van der Waals surface area (Å²) in [5.74, 6) is 0. The maximum atomic E-state index is 12.1. The van der Waals surface area contributed by atoms with E-state index in [2.05, 4.69) is 0 Å². The van der Waals surface area contributed by atoms with Crippen LogP contribution in [0.4, 0.5) is 9.59 Å². The van der Waals surface area contributed by atoms with Gasteiger partial charge >= 0.3 is 12.1 Å². The summed E-state index contributed by atoms with van der Waals surface area (Å²) in [5, 5.41) is 0. The van der Waals surface area contributed by atoms with E-state index in [1.54, 1.807) is 23.9 Å². The highest BCUT2D eigenvalue weighted by molar-refractivity contribution is 5.75. The summed E-state index contributed by atoms with van der Waals surface area (Å²) in [6, 6.07) is -0.0730. The van der Waals surface area contributed by atoms with Crippen LogP contribution in [0, 0.1) is 0 Å². The topological polar surface area (TPSA) is 53.1 Å². The van der Waals surface area contributed by atoms with Crippen LogP contribution in [0.3, 0.4) is 0 Å². The van der Waals surface area contributed by atoms with Crippen molar-refractivity contribution in [3.63, 3.8) is 0 Å². The molecule has 1 fully saturated rings. The smallest absolute Gasteiger partial charge is 0.410 e. The van der Waals surface area contributed by atoms with Gasteiger partial charge < -0.3 is 19.4 Å². The van der Waals surface area contributed by atoms with Crippen molar-refractivity contribution >= 4 is 12.1 Å². The van der Waals surface area contributed by atoms with E-state index in [4.69, 9.17) is 4.74 Å². The van der Waals surface area contributed by atoms with E-state index < -0.39 is 5.60 Å². The molecule has 1 rings (SSSR count). The van der Waals surface area contributed by atoms with Crippen molar-refractivity contribution < 1.29 is 14.3 Å². The first-order valence-corrected chi connectivity index (χ1v) is 7.00. The second-order valence-electron chi connectivity index (χ2n) is 6.67. The molecule has 0 radical (unpaired) electrons. The second kappa shape index (κ2) is 5.89. The van der Waals surface area contributed by atoms with Crippen molar-refractivity contribution in [2.24, 2.45) is 0 Å². The predicted octanol–water partition coefficient (Wildman–Crippen LogP) is 2.00. The van der Waals surface area contributed by atoms with Crippen LogP contribution in [-0.4, -0.2) is 71.7 Å². The Morgan fingerprint density at radius 3 is 1.90 bits per heavy atom. The zero-order valence-corrected chi connectivity index (χ0v) is 13.6. The van der Waals surface area contributed by atoms with Crippen LogP contribution in [0.5, 0.6) is 0 Å². The van der Waals surface area contributed by atoms with E-state index >= 15 is 0 Å². The highest BCUT2D eigenvalue weighted by Gasteiger charge is 2.36. The molecule has 0 bridgehead atoms. The first-order chi connectivity index (χ1) is 9.03. The lowest BCUT2D eigenvalue weighted by molar-refractivity contribution is -0.000996. The van der Waals surface area contributed by atoms with Crippen LogP contribution in [0.25, 0.3) is 0 Å². The third-order valence-electron chi connectivity index (χ3n) is 3.17. The Kier molecular flexibility index (Phi) is 4.89. The summed E-state index contributed by atoms with van der Waals surface area (Å²) in [6.45, 7) is 10.5. The molecule has 0 saturated carbocycles. The molecule has 0 N–H and O–H groups in total. The van der Waals surface area contributed by atoms with Gasteiger partial charge in [-0.1, -0.05) is 0 Å². The van der Waals surface area contributed by atoms with Crippen molar-refractivity contribution in [1.82, 2.24) is 14.7 Å². The number of nitrogens with zero attached hydrogens (tertiary/aromatic N) is 3. The molecule has 1 aliphatic rings. The Labute approximate surface area is 121 Å². The summed E-state index contributed by atoms with van der Waals surface area (Å²) in [7, 11) is 3.48. The van der Waals surface area contributed by atoms with Crippen molar-refractivity contribution in [1.29, 1.82) is 0 Å². The van der Waals surface area contributed by atoms with Gasteiger partial charge in [0.1, 0.15) is 5.60 Å². The van der Waals surface area contributed by atoms with Crippen molar-refractivity contribution in [2.45, 2.75) is 52.3 Å². The lowest BCUT2D eigenvalue weighted by Gasteiger charge is -2.45. The van der Waals surface area contributed by atoms with Gasteiger partial charge in [-0.05, 0) is 34.6 Å². The molecule has 6 nitrogen and oxygen atoms in total. The Morgan fingerprint density at radius 2 is 1.55 bits per heavy atom. The van der Waals surface area contributed by atoms with Crippen LogP contribution >= 0.6 is 0 Å². The summed E-state index contributed by atoms with van der Waals surface area (Å²) >= 11 is 0. The molecule has 3 amide bonds. The SMILES string of the molecule is C[C@H]1CN(C(=O)OC(C)(C)C)C[C@H](C)N1C(=O)N(C)C. The number of rotatable bonds is 0. The number of carbonyl (C=O) groups is 2. The standard InChI is InChI=1S/C14H27N3O3/c1-10-8-16(13(19)20-14(3,4)5)9-11(2)17(10)12(18)15(6)7/h10-11H,8-9H2,1-7H3/t10-,11-/m0/s1. The zero-order chi connectivity index (χ0) is 15.7. The van der Waals surface area contributed by atoms with E-state index in [1.165, 1.54) is 0 Å². The molecule has 20 heavy (non-hydrogen) atoms. The summed E-state index contributed by atoms with van der Waals surface area (Å²) in [4.78, 5) is 29.3. The maximum Gasteiger partial charge on any atom is 0.410 e. The average Bonchev–Trinajstić information content (AvgIpc) is 2.25. The van der Waals surface area contributed by atoms with E-state index in [0.717, 1.165) is 0 Å². The fourth-order valence-electron chi connectivity index (χ4n) is 2.41. The Balaban J connectivity index is 2.73. The molecule has 116 valence electrons. The molecule has 1 heterocycles. The third kappa shape index (κ3) is 4.02. The first kappa shape index (κ1) is 16.6. The maximum absolute atomic E-state index is 12.1. The van der Waals surface area contributed by atoms with E-state index in [1.807, 2.05) is 39.5 Å². The quantitative estimate of drug-likeness (QED) is 0.684. The second-order valence-corrected chi connectivity index (χ2v) is 6.67. The Bertz CT molecular complexity index is 364. The highest BCUT2D eigenvalue weighted by Crippen LogP contribution is 2.19. The number of ether oxygens (including phenoxy) is 1. The van der Waals surface area contributed by atoms with Gasteiger partial charge in [0.15, 0.2) is 0 Å². The molecule has 2 atom stereocenters. The average molecular weight is 285 g/mol. The number of piperazine rings is 1. The van der Waals surface area contributed by atoms with Gasteiger partial charge in [-0.2, -0.15) is 0 Å². The molecule has 0 spiro atoms. The molecule has 6 heteroatoms. The van der Waals surface area contributed by atoms with Crippen molar-refractivity contribution in [3.8, 4) is 0 Å². The molecule has 0 aromatic carbocycles. The lowest BCUT2D eigenvalue weighted by Crippen LogP contribution is -2.61. The minimum atomic E-state index is -0.500. The van der Waals surface area contributed by atoms with Crippen molar-refractivity contribution in [3.05, 3.63) is 0 Å². The van der Waals surface area contributed by atoms with Gasteiger partial charge in [-0.3, -0.25) is 0 Å². The van der Waals surface area contributed by atoms with Crippen LogP contribution in [-0.2, 0) is 4.74 Å². The molecular formula is C14H27N3O3. The minimum absolute atomic E-state index is 0.0196. The molecule has 1 saturated heterocycles. The summed E-state index contributed by atoms with van der Waals surface area (Å²) < 4.78 is 5.39. The lowest BCUT2D eigenvalue weighted by atomic mass is 10.1. The van der Waals surface area contributed by atoms with Crippen LogP contribution in [0.1, 0.15) is 34.6 Å². The van der Waals surface area contributed by atoms with Crippen LogP contribution in [0.2, 0.25) is 0 Å². The van der Waals surface area contributed by atoms with Gasteiger partial charge in [0.2, 0.25) is 0 Å². The van der Waals surface area contributed by atoms with Gasteiger partial charge in [-0.25, -0.2) is 9.59 Å². The summed E-state index contributed by atoms with van der Waals surface area (Å²) in [6.07, 6.45) is -0.312.